The van der Waals surface area contributed by atoms with Gasteiger partial charge in [0.15, 0.2) is 11.0 Å². The largest absolute Gasteiger partial charge is 0.496 e. The van der Waals surface area contributed by atoms with Crippen LogP contribution in [-0.4, -0.2) is 38.5 Å². The highest BCUT2D eigenvalue weighted by Gasteiger charge is 2.20. The number of H-pyrrole nitrogens is 1. The minimum Gasteiger partial charge on any atom is -0.496 e. The quantitative estimate of drug-likeness (QED) is 0.299. The van der Waals surface area contributed by atoms with Crippen LogP contribution in [-0.2, 0) is 11.3 Å². The fraction of sp³-hybridized carbons (Fsp3) is 0.148. The number of ether oxygens (including phenoxy) is 1. The highest BCUT2D eigenvalue weighted by atomic mass is 32.2. The number of hydrogen-bond donors (Lipinski definition) is 2. The van der Waals surface area contributed by atoms with Crippen LogP contribution < -0.4 is 10.1 Å². The van der Waals surface area contributed by atoms with Gasteiger partial charge in [0.05, 0.1) is 12.9 Å². The molecule has 2 aromatic heterocycles. The average Bonchev–Trinajstić information content (AvgIpc) is 3.50. The molecule has 2 N–H and O–H groups in total. The number of aromatic nitrogens is 4. The molecule has 1 amide bonds. The van der Waals surface area contributed by atoms with E-state index in [1.54, 1.807) is 7.11 Å². The Morgan fingerprint density at radius 1 is 1.06 bits per heavy atom. The van der Waals surface area contributed by atoms with Gasteiger partial charge in [-0.2, -0.15) is 0 Å². The van der Waals surface area contributed by atoms with Crippen LogP contribution in [0.4, 0.5) is 0 Å². The van der Waals surface area contributed by atoms with Crippen LogP contribution in [0.1, 0.15) is 11.1 Å². The molecule has 176 valence electrons. The lowest BCUT2D eigenvalue weighted by atomic mass is 10.1. The number of benzene rings is 3. The lowest BCUT2D eigenvalue weighted by molar-refractivity contribution is -0.118. The Morgan fingerprint density at radius 2 is 1.89 bits per heavy atom. The number of carbonyl (C=O) groups excluding carboxylic acids is 1. The van der Waals surface area contributed by atoms with E-state index in [0.29, 0.717) is 11.7 Å². The minimum atomic E-state index is -0.0895. The maximum absolute atomic E-state index is 12.7. The second kappa shape index (κ2) is 10.1. The molecule has 5 aromatic rings. The summed E-state index contributed by atoms with van der Waals surface area (Å²) in [5.74, 6) is 1.61. The van der Waals surface area contributed by atoms with Gasteiger partial charge in [-0.3, -0.25) is 9.36 Å². The number of aromatic amines is 1. The van der Waals surface area contributed by atoms with Crippen molar-refractivity contribution in [3.8, 4) is 22.8 Å². The third-order valence-corrected chi connectivity index (χ3v) is 6.65. The van der Waals surface area contributed by atoms with Crippen molar-refractivity contribution in [2.45, 2.75) is 18.6 Å². The first-order valence-corrected chi connectivity index (χ1v) is 12.2. The van der Waals surface area contributed by atoms with Gasteiger partial charge in [0, 0.05) is 40.5 Å². The smallest absolute Gasteiger partial charge is 0.230 e. The number of fused-ring (bicyclic) bond motifs is 1. The number of rotatable bonds is 8. The molecule has 7 nitrogen and oxygen atoms in total. The summed E-state index contributed by atoms with van der Waals surface area (Å²) >= 11 is 1.36. The average molecular weight is 484 g/mol. The van der Waals surface area contributed by atoms with E-state index in [2.05, 4.69) is 45.6 Å². The molecule has 0 bridgehead atoms. The number of para-hydroxylation sites is 2. The summed E-state index contributed by atoms with van der Waals surface area (Å²) in [7, 11) is 1.62. The number of thioether (sulfide) groups is 1. The van der Waals surface area contributed by atoms with Crippen LogP contribution in [0, 0.1) is 6.92 Å². The number of nitrogens with zero attached hydrogens (tertiary/aromatic N) is 3. The zero-order chi connectivity index (χ0) is 24.2. The monoisotopic (exact) mass is 483 g/mol. The van der Waals surface area contributed by atoms with Gasteiger partial charge in [0.25, 0.3) is 0 Å². The second-order valence-electron chi connectivity index (χ2n) is 8.11. The lowest BCUT2D eigenvalue weighted by Crippen LogP contribution is -2.25. The zero-order valence-electron chi connectivity index (χ0n) is 19.5. The van der Waals surface area contributed by atoms with E-state index in [1.807, 2.05) is 65.4 Å². The first kappa shape index (κ1) is 22.7. The van der Waals surface area contributed by atoms with Gasteiger partial charge in [-0.05, 0) is 36.8 Å². The highest BCUT2D eigenvalue weighted by molar-refractivity contribution is 7.99. The first-order chi connectivity index (χ1) is 17.1. The Balaban J connectivity index is 1.41. The Bertz CT molecular complexity index is 1490. The summed E-state index contributed by atoms with van der Waals surface area (Å²) in [6.45, 7) is 2.45. The van der Waals surface area contributed by atoms with E-state index in [1.165, 1.54) is 11.8 Å². The number of amides is 1. The fourth-order valence-corrected chi connectivity index (χ4v) is 4.80. The van der Waals surface area contributed by atoms with E-state index in [9.17, 15) is 4.79 Å². The molecule has 5 rings (SSSR count). The van der Waals surface area contributed by atoms with Crippen LogP contribution in [0.25, 0.3) is 28.0 Å². The van der Waals surface area contributed by atoms with Crippen LogP contribution in [0.15, 0.2) is 84.1 Å². The fourth-order valence-electron chi connectivity index (χ4n) is 4.02. The second-order valence-corrected chi connectivity index (χ2v) is 9.05. The lowest BCUT2D eigenvalue weighted by Gasteiger charge is -2.11. The number of methoxy groups -OCH3 is 1. The van der Waals surface area contributed by atoms with Crippen molar-refractivity contribution in [1.29, 1.82) is 0 Å². The predicted molar refractivity (Wildman–Crippen MR) is 139 cm³/mol. The van der Waals surface area contributed by atoms with Crippen molar-refractivity contribution in [2.75, 3.05) is 12.9 Å². The van der Waals surface area contributed by atoms with E-state index in [4.69, 9.17) is 4.74 Å². The molecule has 0 fully saturated rings. The molecule has 0 atom stereocenters. The summed E-state index contributed by atoms with van der Waals surface area (Å²) in [5, 5.41) is 13.7. The number of nitrogens with one attached hydrogen (secondary N) is 2. The van der Waals surface area contributed by atoms with Crippen molar-refractivity contribution in [3.05, 3.63) is 90.1 Å². The topological polar surface area (TPSA) is 84.8 Å². The van der Waals surface area contributed by atoms with Gasteiger partial charge in [-0.25, -0.2) is 0 Å². The molecule has 0 saturated carbocycles. The van der Waals surface area contributed by atoms with E-state index in [0.717, 1.165) is 44.9 Å². The van der Waals surface area contributed by atoms with E-state index in [-0.39, 0.29) is 11.7 Å². The van der Waals surface area contributed by atoms with Crippen molar-refractivity contribution < 1.29 is 9.53 Å². The normalized spacial score (nSPS) is 11.0. The Morgan fingerprint density at radius 3 is 2.74 bits per heavy atom. The summed E-state index contributed by atoms with van der Waals surface area (Å²) < 4.78 is 7.38. The zero-order valence-corrected chi connectivity index (χ0v) is 20.3. The molecule has 0 aliphatic carbocycles. The summed E-state index contributed by atoms with van der Waals surface area (Å²) in [6.07, 6.45) is 1.95. The number of aryl methyl sites for hydroxylation is 1. The minimum absolute atomic E-state index is 0.0895. The van der Waals surface area contributed by atoms with Gasteiger partial charge in [-0.1, -0.05) is 60.3 Å². The SMILES string of the molecule is COc1ccccc1CNC(=O)CSc1nnc(-c2c[nH]c3ccccc23)n1-c1cccc(C)c1. The molecule has 0 radical (unpaired) electrons. The maximum atomic E-state index is 12.7. The first-order valence-electron chi connectivity index (χ1n) is 11.2. The summed E-state index contributed by atoms with van der Waals surface area (Å²) in [5.41, 5.74) is 5.00. The van der Waals surface area contributed by atoms with Crippen molar-refractivity contribution in [3.63, 3.8) is 0 Å². The van der Waals surface area contributed by atoms with E-state index >= 15 is 0 Å². The molecular formula is C27H25N5O2S. The molecule has 0 aliphatic heterocycles. The molecule has 0 spiro atoms. The van der Waals surface area contributed by atoms with Gasteiger partial charge in [-0.15, -0.1) is 10.2 Å². The number of carbonyl (C=O) groups is 1. The molecule has 35 heavy (non-hydrogen) atoms. The Hall–Kier alpha value is -4.04. The highest BCUT2D eigenvalue weighted by Crippen LogP contribution is 2.32. The third-order valence-electron chi connectivity index (χ3n) is 5.72. The molecule has 0 unspecified atom stereocenters. The Kier molecular flexibility index (Phi) is 6.54. The van der Waals surface area contributed by atoms with Crippen LogP contribution in [0.5, 0.6) is 5.75 Å². The molecule has 3 aromatic carbocycles. The van der Waals surface area contributed by atoms with Gasteiger partial charge in [0.2, 0.25) is 5.91 Å². The number of hydrogen-bond acceptors (Lipinski definition) is 5. The van der Waals surface area contributed by atoms with Gasteiger partial charge >= 0.3 is 0 Å². The molecule has 0 saturated heterocycles. The Labute approximate surface area is 207 Å². The van der Waals surface area contributed by atoms with Crippen molar-refractivity contribution in [1.82, 2.24) is 25.1 Å². The van der Waals surface area contributed by atoms with Crippen molar-refractivity contribution >= 4 is 28.6 Å². The third kappa shape index (κ3) is 4.79. The maximum Gasteiger partial charge on any atom is 0.230 e. The van der Waals surface area contributed by atoms with Crippen molar-refractivity contribution in [2.24, 2.45) is 0 Å². The molecule has 2 heterocycles. The summed E-state index contributed by atoms with van der Waals surface area (Å²) in [6, 6.07) is 23.9. The molecule has 0 aliphatic rings. The summed E-state index contributed by atoms with van der Waals surface area (Å²) in [4.78, 5) is 16.0. The standard InChI is InChI=1S/C27H25N5O2S/c1-18-8-7-10-20(14-18)32-26(22-16-28-23-12-5-4-11-21(22)23)30-31-27(32)35-17-25(33)29-15-19-9-3-6-13-24(19)34-2/h3-14,16,28H,15,17H2,1-2H3,(H,29,33). The van der Waals surface area contributed by atoms with Crippen LogP contribution in [0.2, 0.25) is 0 Å². The molecular weight excluding hydrogens is 458 g/mol. The van der Waals surface area contributed by atoms with Crippen LogP contribution in [0.3, 0.4) is 0 Å². The van der Waals surface area contributed by atoms with Gasteiger partial charge < -0.3 is 15.0 Å². The predicted octanol–water partition coefficient (Wildman–Crippen LogP) is 5.14. The van der Waals surface area contributed by atoms with E-state index < -0.39 is 0 Å². The van der Waals surface area contributed by atoms with Gasteiger partial charge in [0.1, 0.15) is 5.75 Å². The molecule has 8 heteroatoms. The van der Waals surface area contributed by atoms with Crippen LogP contribution >= 0.6 is 11.8 Å².